The van der Waals surface area contributed by atoms with Crippen molar-refractivity contribution in [2.75, 3.05) is 0 Å². The zero-order chi connectivity index (χ0) is 20.1. The van der Waals surface area contributed by atoms with Crippen LogP contribution in [0.1, 0.15) is 20.7 Å². The number of carboxylic acids is 2. The number of carbonyl (C=O) groups is 2. The van der Waals surface area contributed by atoms with Gasteiger partial charge in [0.05, 0.1) is 9.85 Å². The first kappa shape index (κ1) is 19.2. The lowest BCUT2D eigenvalue weighted by atomic mass is 10.1. The smallest absolute Gasteiger partial charge is 0.526 e. The predicted molar refractivity (Wildman–Crippen MR) is 87.1 cm³/mol. The number of nitro groups is 2. The Morgan fingerprint density at radius 3 is 1.48 bits per heavy atom. The lowest BCUT2D eigenvalue weighted by Crippen LogP contribution is -2.12. The average molecular weight is 375 g/mol. The molecule has 0 spiro atoms. The van der Waals surface area contributed by atoms with Gasteiger partial charge in [-0.1, -0.05) is 0 Å². The van der Waals surface area contributed by atoms with Crippen molar-refractivity contribution in [1.29, 1.82) is 0 Å². The van der Waals surface area contributed by atoms with Gasteiger partial charge in [-0.3, -0.25) is 20.2 Å². The SMILES string of the molecule is O=C(O)c1cc(O[B]Oc2ccc([N+](=O)[O-])c(C(=O)O)c2)ccc1[N+](=O)[O-]. The summed E-state index contributed by atoms with van der Waals surface area (Å²) in [5.74, 6) is -3.26. The van der Waals surface area contributed by atoms with Gasteiger partial charge in [0.1, 0.15) is 22.6 Å². The molecule has 137 valence electrons. The van der Waals surface area contributed by atoms with Gasteiger partial charge in [-0.25, -0.2) is 9.59 Å². The normalized spacial score (nSPS) is 9.93. The third-order valence-corrected chi connectivity index (χ3v) is 3.16. The first-order valence-corrected chi connectivity index (χ1v) is 6.89. The van der Waals surface area contributed by atoms with Crippen LogP contribution in [0.15, 0.2) is 36.4 Å². The van der Waals surface area contributed by atoms with Gasteiger partial charge in [0.25, 0.3) is 11.4 Å². The maximum absolute atomic E-state index is 11.0. The molecule has 0 heterocycles. The topological polar surface area (TPSA) is 179 Å². The highest BCUT2D eigenvalue weighted by Gasteiger charge is 2.22. The van der Waals surface area contributed by atoms with Crippen LogP contribution in [0, 0.1) is 20.2 Å². The molecule has 0 saturated heterocycles. The Balaban J connectivity index is 2.13. The minimum Gasteiger partial charge on any atom is -0.526 e. The molecule has 2 aromatic carbocycles. The highest BCUT2D eigenvalue weighted by molar-refractivity contribution is 6.20. The van der Waals surface area contributed by atoms with E-state index in [1.165, 1.54) is 0 Å². The molecule has 13 heteroatoms. The van der Waals surface area contributed by atoms with Crippen LogP contribution >= 0.6 is 0 Å². The molecule has 0 saturated carbocycles. The van der Waals surface area contributed by atoms with E-state index in [0.717, 1.165) is 36.4 Å². The molecular weight excluding hydrogens is 367 g/mol. The van der Waals surface area contributed by atoms with Crippen LogP contribution in [0.25, 0.3) is 0 Å². The number of aromatic carboxylic acids is 2. The Kier molecular flexibility index (Phi) is 5.55. The lowest BCUT2D eigenvalue weighted by Gasteiger charge is -2.08. The summed E-state index contributed by atoms with van der Waals surface area (Å²) in [5, 5.41) is 39.5. The fourth-order valence-corrected chi connectivity index (χ4v) is 1.97. The molecule has 0 aliphatic rings. The number of benzene rings is 2. The van der Waals surface area contributed by atoms with Crippen LogP contribution in [0.4, 0.5) is 11.4 Å². The molecule has 0 aromatic heterocycles. The summed E-state index contributed by atoms with van der Waals surface area (Å²) >= 11 is 0. The molecule has 0 aliphatic heterocycles. The van der Waals surface area contributed by atoms with Crippen molar-refractivity contribution in [3.63, 3.8) is 0 Å². The maximum Gasteiger partial charge on any atom is 0.658 e. The van der Waals surface area contributed by atoms with E-state index >= 15 is 0 Å². The number of hydrogen-bond donors (Lipinski definition) is 2. The molecule has 27 heavy (non-hydrogen) atoms. The Morgan fingerprint density at radius 1 is 0.815 bits per heavy atom. The first-order valence-electron chi connectivity index (χ1n) is 6.89. The first-order chi connectivity index (χ1) is 12.7. The molecule has 0 unspecified atom stereocenters. The van der Waals surface area contributed by atoms with Crippen molar-refractivity contribution < 1.29 is 39.0 Å². The molecule has 0 atom stereocenters. The zero-order valence-corrected chi connectivity index (χ0v) is 13.1. The summed E-state index contributed by atoms with van der Waals surface area (Å²) in [6.45, 7) is 0. The molecule has 12 nitrogen and oxygen atoms in total. The van der Waals surface area contributed by atoms with Crippen molar-refractivity contribution in [2.45, 2.75) is 0 Å². The molecule has 2 rings (SSSR count). The number of rotatable bonds is 8. The summed E-state index contributed by atoms with van der Waals surface area (Å²) in [6.07, 6.45) is 0. The minimum atomic E-state index is -1.53. The minimum absolute atomic E-state index is 0.0987. The van der Waals surface area contributed by atoms with Crippen LogP contribution in [0.5, 0.6) is 11.5 Å². The Bertz CT molecular complexity index is 870. The van der Waals surface area contributed by atoms with E-state index < -0.39 is 44.3 Å². The van der Waals surface area contributed by atoms with Crippen molar-refractivity contribution in [3.05, 3.63) is 67.8 Å². The summed E-state index contributed by atoms with van der Waals surface area (Å²) in [4.78, 5) is 41.9. The van der Waals surface area contributed by atoms with E-state index in [1.54, 1.807) is 0 Å². The molecule has 2 aromatic rings. The van der Waals surface area contributed by atoms with Gasteiger partial charge in [0, 0.05) is 12.1 Å². The maximum atomic E-state index is 11.0. The van der Waals surface area contributed by atoms with Crippen molar-refractivity contribution in [1.82, 2.24) is 0 Å². The lowest BCUT2D eigenvalue weighted by molar-refractivity contribution is -0.385. The largest absolute Gasteiger partial charge is 0.658 e. The van der Waals surface area contributed by atoms with Gasteiger partial charge in [0.2, 0.25) is 0 Å². The fourth-order valence-electron chi connectivity index (χ4n) is 1.97. The van der Waals surface area contributed by atoms with Crippen LogP contribution in [-0.2, 0) is 0 Å². The van der Waals surface area contributed by atoms with Crippen molar-refractivity contribution in [2.24, 2.45) is 0 Å². The second-order valence-electron chi connectivity index (χ2n) is 4.81. The van der Waals surface area contributed by atoms with E-state index in [2.05, 4.69) is 0 Å². The molecule has 0 fully saturated rings. The van der Waals surface area contributed by atoms with Crippen molar-refractivity contribution in [3.8, 4) is 11.5 Å². The van der Waals surface area contributed by atoms with E-state index in [0.29, 0.717) is 7.69 Å². The summed E-state index contributed by atoms with van der Waals surface area (Å²) in [5.41, 5.74) is -2.46. The van der Waals surface area contributed by atoms with E-state index in [-0.39, 0.29) is 11.5 Å². The molecule has 0 bridgehead atoms. The zero-order valence-electron chi connectivity index (χ0n) is 13.1. The Labute approximate surface area is 150 Å². The molecule has 0 aliphatic carbocycles. The summed E-state index contributed by atoms with van der Waals surface area (Å²) in [7, 11) is 0.708. The van der Waals surface area contributed by atoms with Gasteiger partial charge < -0.3 is 19.5 Å². The number of hydrogen-bond acceptors (Lipinski definition) is 8. The van der Waals surface area contributed by atoms with Gasteiger partial charge in [-0.2, -0.15) is 0 Å². The highest BCUT2D eigenvalue weighted by atomic mass is 16.6. The van der Waals surface area contributed by atoms with Crippen molar-refractivity contribution >= 4 is 31.0 Å². The predicted octanol–water partition coefficient (Wildman–Crippen LogP) is 1.89. The molecule has 1 radical (unpaired) electrons. The highest BCUT2D eigenvalue weighted by Crippen LogP contribution is 2.26. The summed E-state index contributed by atoms with van der Waals surface area (Å²) in [6, 6.07) is 5.92. The van der Waals surface area contributed by atoms with Crippen LogP contribution in [0.2, 0.25) is 0 Å². The van der Waals surface area contributed by atoms with Gasteiger partial charge >= 0.3 is 19.6 Å². The molecule has 2 N–H and O–H groups in total. The summed E-state index contributed by atoms with van der Waals surface area (Å²) < 4.78 is 10.00. The molecule has 0 amide bonds. The van der Waals surface area contributed by atoms with Crippen LogP contribution in [-0.4, -0.2) is 39.7 Å². The second-order valence-corrected chi connectivity index (χ2v) is 4.81. The van der Waals surface area contributed by atoms with E-state index in [1.807, 2.05) is 0 Å². The average Bonchev–Trinajstić information content (AvgIpc) is 2.61. The monoisotopic (exact) mass is 375 g/mol. The quantitative estimate of drug-likeness (QED) is 0.393. The number of nitrogens with zero attached hydrogens (tertiary/aromatic N) is 2. The van der Waals surface area contributed by atoms with Crippen LogP contribution < -0.4 is 9.31 Å². The second kappa shape index (κ2) is 7.82. The van der Waals surface area contributed by atoms with E-state index in [9.17, 15) is 29.8 Å². The third kappa shape index (κ3) is 4.48. The van der Waals surface area contributed by atoms with Crippen LogP contribution in [0.3, 0.4) is 0 Å². The van der Waals surface area contributed by atoms with Gasteiger partial charge in [0.15, 0.2) is 0 Å². The third-order valence-electron chi connectivity index (χ3n) is 3.16. The number of carboxylic acid groups (broad SMARTS) is 2. The van der Waals surface area contributed by atoms with Gasteiger partial charge in [-0.05, 0) is 24.3 Å². The van der Waals surface area contributed by atoms with E-state index in [4.69, 9.17) is 19.5 Å². The standard InChI is InChI=1S/C14H8BN2O10/c18-13(19)9-5-7(1-3-11(9)16(22)23)26-15-27-8-2-4-12(17(24)25)10(6-8)14(20)21/h1-6H,(H,18,19)(H,20,21). The van der Waals surface area contributed by atoms with Gasteiger partial charge in [-0.15, -0.1) is 0 Å². The molecular formula is C14H8BN2O10. The number of nitro benzene ring substituents is 2. The Hall–Kier alpha value is -4.16. The fraction of sp³-hybridized carbons (Fsp3) is 0. The Morgan fingerprint density at radius 2 is 1.19 bits per heavy atom.